The molecule has 1 unspecified atom stereocenters. The summed E-state index contributed by atoms with van der Waals surface area (Å²) >= 11 is 1.74. The number of aromatic nitrogens is 3. The van der Waals surface area contributed by atoms with Crippen molar-refractivity contribution in [3.05, 3.63) is 33.0 Å². The molecule has 2 aromatic rings. The number of hydrogen-bond donors (Lipinski definition) is 1. The van der Waals surface area contributed by atoms with E-state index in [1.54, 1.807) is 11.3 Å². The predicted octanol–water partition coefficient (Wildman–Crippen LogP) is 3.70. The summed E-state index contributed by atoms with van der Waals surface area (Å²) in [6, 6.07) is 0.511. The lowest BCUT2D eigenvalue weighted by atomic mass is 10.0. The number of nitrogens with zero attached hydrogens (tertiary/aromatic N) is 3. The van der Waals surface area contributed by atoms with E-state index < -0.39 is 0 Å². The molecule has 2 heterocycles. The average Bonchev–Trinajstić information content (AvgIpc) is 2.94. The molecule has 0 radical (unpaired) electrons. The molecule has 21 heavy (non-hydrogen) atoms. The molecule has 0 saturated carbocycles. The van der Waals surface area contributed by atoms with Gasteiger partial charge in [-0.3, -0.25) is 4.68 Å². The van der Waals surface area contributed by atoms with Crippen LogP contribution in [-0.4, -0.2) is 20.8 Å². The van der Waals surface area contributed by atoms with E-state index in [-0.39, 0.29) is 6.04 Å². The standard InChI is InChI=1S/C16H26N4S/c1-9(2)13-8-21-16(18-13)15(17-10(3)4)14-11(5)19-20(7)12(14)6/h8-10,15,17H,1-7H3. The Balaban J connectivity index is 2.47. The third kappa shape index (κ3) is 3.35. The fraction of sp³-hybridized carbons (Fsp3) is 0.625. The summed E-state index contributed by atoms with van der Waals surface area (Å²) in [5.74, 6) is 0.464. The molecule has 0 aliphatic rings. The quantitative estimate of drug-likeness (QED) is 0.916. The Kier molecular flexibility index (Phi) is 4.84. The van der Waals surface area contributed by atoms with Gasteiger partial charge in [0, 0.05) is 29.7 Å². The first-order valence-corrected chi connectivity index (χ1v) is 8.40. The van der Waals surface area contributed by atoms with Gasteiger partial charge >= 0.3 is 0 Å². The van der Waals surface area contributed by atoms with Crippen molar-refractivity contribution in [1.82, 2.24) is 20.1 Å². The Morgan fingerprint density at radius 2 is 1.86 bits per heavy atom. The zero-order valence-electron chi connectivity index (χ0n) is 14.1. The Bertz CT molecular complexity index is 610. The van der Waals surface area contributed by atoms with Crippen LogP contribution in [0.25, 0.3) is 0 Å². The van der Waals surface area contributed by atoms with Crippen molar-refractivity contribution in [2.45, 2.75) is 59.5 Å². The van der Waals surface area contributed by atoms with Gasteiger partial charge in [0.15, 0.2) is 0 Å². The lowest BCUT2D eigenvalue weighted by Crippen LogP contribution is -2.29. The molecule has 116 valence electrons. The first kappa shape index (κ1) is 16.2. The van der Waals surface area contributed by atoms with Crippen LogP contribution in [0.1, 0.15) is 67.3 Å². The van der Waals surface area contributed by atoms with Crippen molar-refractivity contribution in [3.8, 4) is 0 Å². The van der Waals surface area contributed by atoms with Crippen molar-refractivity contribution in [1.29, 1.82) is 0 Å². The number of thiazole rings is 1. The largest absolute Gasteiger partial charge is 0.302 e. The zero-order valence-corrected chi connectivity index (χ0v) is 14.9. The zero-order chi connectivity index (χ0) is 15.7. The minimum absolute atomic E-state index is 0.121. The Hall–Kier alpha value is -1.20. The topological polar surface area (TPSA) is 42.7 Å². The third-order valence-corrected chi connectivity index (χ3v) is 4.66. The predicted molar refractivity (Wildman–Crippen MR) is 89.0 cm³/mol. The molecule has 0 aliphatic carbocycles. The second-order valence-electron chi connectivity index (χ2n) is 6.23. The fourth-order valence-electron chi connectivity index (χ4n) is 2.52. The van der Waals surface area contributed by atoms with Gasteiger partial charge in [-0.1, -0.05) is 13.8 Å². The first-order valence-electron chi connectivity index (χ1n) is 7.52. The summed E-state index contributed by atoms with van der Waals surface area (Å²) in [5, 5.41) is 11.5. The van der Waals surface area contributed by atoms with Crippen LogP contribution in [0.15, 0.2) is 5.38 Å². The Morgan fingerprint density at radius 3 is 2.29 bits per heavy atom. The van der Waals surface area contributed by atoms with Gasteiger partial charge in [0.1, 0.15) is 5.01 Å². The van der Waals surface area contributed by atoms with Crippen LogP contribution in [0.2, 0.25) is 0 Å². The van der Waals surface area contributed by atoms with Crippen molar-refractivity contribution < 1.29 is 0 Å². The van der Waals surface area contributed by atoms with Crippen LogP contribution in [0.4, 0.5) is 0 Å². The van der Waals surface area contributed by atoms with Crippen molar-refractivity contribution >= 4 is 11.3 Å². The van der Waals surface area contributed by atoms with E-state index in [0.717, 1.165) is 10.7 Å². The van der Waals surface area contributed by atoms with E-state index in [4.69, 9.17) is 4.98 Å². The molecular weight excluding hydrogens is 280 g/mol. The van der Waals surface area contributed by atoms with E-state index in [1.165, 1.54) is 17.0 Å². The molecule has 0 fully saturated rings. The lowest BCUT2D eigenvalue weighted by Gasteiger charge is -2.20. The van der Waals surface area contributed by atoms with Gasteiger partial charge in [-0.2, -0.15) is 5.10 Å². The van der Waals surface area contributed by atoms with Crippen molar-refractivity contribution in [2.75, 3.05) is 0 Å². The summed E-state index contributed by atoms with van der Waals surface area (Å²) in [5.41, 5.74) is 4.71. The highest BCUT2D eigenvalue weighted by Gasteiger charge is 2.25. The van der Waals surface area contributed by atoms with Gasteiger partial charge in [-0.25, -0.2) is 4.98 Å². The van der Waals surface area contributed by atoms with Gasteiger partial charge < -0.3 is 5.32 Å². The maximum Gasteiger partial charge on any atom is 0.115 e. The minimum atomic E-state index is 0.121. The van der Waals surface area contributed by atoms with Crippen molar-refractivity contribution in [2.24, 2.45) is 7.05 Å². The second kappa shape index (κ2) is 6.28. The fourth-order valence-corrected chi connectivity index (χ4v) is 3.56. The van der Waals surface area contributed by atoms with E-state index >= 15 is 0 Å². The van der Waals surface area contributed by atoms with Crippen LogP contribution < -0.4 is 5.32 Å². The smallest absolute Gasteiger partial charge is 0.115 e. The molecule has 0 amide bonds. The molecule has 0 aromatic carbocycles. The first-order chi connectivity index (χ1) is 9.81. The van der Waals surface area contributed by atoms with E-state index in [9.17, 15) is 0 Å². The van der Waals surface area contributed by atoms with E-state index in [2.05, 4.69) is 57.3 Å². The third-order valence-electron chi connectivity index (χ3n) is 3.73. The average molecular weight is 306 g/mol. The SMILES string of the molecule is Cc1nn(C)c(C)c1C(NC(C)C)c1nc(C(C)C)cs1. The summed E-state index contributed by atoms with van der Waals surface area (Å²) in [6.45, 7) is 12.9. The summed E-state index contributed by atoms with van der Waals surface area (Å²) in [4.78, 5) is 4.85. The summed E-state index contributed by atoms with van der Waals surface area (Å²) in [6.07, 6.45) is 0. The lowest BCUT2D eigenvalue weighted by molar-refractivity contribution is 0.522. The molecule has 4 nitrogen and oxygen atoms in total. The molecule has 0 saturated heterocycles. The summed E-state index contributed by atoms with van der Waals surface area (Å²) < 4.78 is 1.95. The summed E-state index contributed by atoms with van der Waals surface area (Å²) in [7, 11) is 2.00. The Morgan fingerprint density at radius 1 is 1.19 bits per heavy atom. The number of rotatable bonds is 5. The van der Waals surface area contributed by atoms with Gasteiger partial charge in [0.05, 0.1) is 17.4 Å². The van der Waals surface area contributed by atoms with Crippen LogP contribution >= 0.6 is 11.3 Å². The van der Waals surface area contributed by atoms with Gasteiger partial charge in [-0.05, 0) is 33.6 Å². The van der Waals surface area contributed by atoms with Gasteiger partial charge in [-0.15, -0.1) is 11.3 Å². The molecule has 2 rings (SSSR count). The minimum Gasteiger partial charge on any atom is -0.302 e. The maximum absolute atomic E-state index is 4.85. The number of aryl methyl sites for hydroxylation is 2. The highest BCUT2D eigenvalue weighted by Crippen LogP contribution is 2.31. The maximum atomic E-state index is 4.85. The molecule has 0 aliphatic heterocycles. The number of hydrogen-bond acceptors (Lipinski definition) is 4. The van der Waals surface area contributed by atoms with Crippen molar-refractivity contribution in [3.63, 3.8) is 0 Å². The molecule has 0 bridgehead atoms. The molecule has 0 spiro atoms. The van der Waals surface area contributed by atoms with Crippen LogP contribution in [0.5, 0.6) is 0 Å². The monoisotopic (exact) mass is 306 g/mol. The molecule has 5 heteroatoms. The molecule has 2 aromatic heterocycles. The molecule has 1 atom stereocenters. The van der Waals surface area contributed by atoms with Gasteiger partial charge in [0.25, 0.3) is 0 Å². The molecule has 1 N–H and O–H groups in total. The molecular formula is C16H26N4S. The highest BCUT2D eigenvalue weighted by molar-refractivity contribution is 7.09. The van der Waals surface area contributed by atoms with Crippen LogP contribution in [-0.2, 0) is 7.05 Å². The van der Waals surface area contributed by atoms with E-state index in [1.807, 2.05) is 11.7 Å². The van der Waals surface area contributed by atoms with Crippen LogP contribution in [0, 0.1) is 13.8 Å². The van der Waals surface area contributed by atoms with Crippen LogP contribution in [0.3, 0.4) is 0 Å². The highest BCUT2D eigenvalue weighted by atomic mass is 32.1. The normalized spacial score (nSPS) is 13.4. The Labute approximate surface area is 131 Å². The number of nitrogens with one attached hydrogen (secondary N) is 1. The van der Waals surface area contributed by atoms with Gasteiger partial charge in [0.2, 0.25) is 0 Å². The second-order valence-corrected chi connectivity index (χ2v) is 7.12. The van der Waals surface area contributed by atoms with E-state index in [0.29, 0.717) is 12.0 Å².